The summed E-state index contributed by atoms with van der Waals surface area (Å²) in [4.78, 5) is 0. The zero-order valence-electron chi connectivity index (χ0n) is 8.86. The Morgan fingerprint density at radius 3 is 2.08 bits per heavy atom. The molecule has 1 saturated heterocycles. The second-order valence-electron chi connectivity index (χ2n) is 5.19. The molecule has 0 unspecified atom stereocenters. The van der Waals surface area contributed by atoms with E-state index in [1.54, 1.807) is 0 Å². The van der Waals surface area contributed by atoms with Crippen LogP contribution < -0.4 is 0 Å². The van der Waals surface area contributed by atoms with Crippen molar-refractivity contribution in [1.29, 1.82) is 0 Å². The van der Waals surface area contributed by atoms with E-state index in [9.17, 15) is 0 Å². The fraction of sp³-hybridized carbons (Fsp3) is 1.00. The van der Waals surface area contributed by atoms with Gasteiger partial charge in [-0.3, -0.25) is 0 Å². The summed E-state index contributed by atoms with van der Waals surface area (Å²) in [6.45, 7) is 8.46. The second-order valence-corrected chi connectivity index (χ2v) is 5.19. The van der Waals surface area contributed by atoms with Crippen molar-refractivity contribution in [3.8, 4) is 0 Å². The van der Waals surface area contributed by atoms with Gasteiger partial charge in [0.2, 0.25) is 0 Å². The molecule has 0 amide bonds. The Morgan fingerprint density at radius 1 is 1.23 bits per heavy atom. The number of hydrogen-bond donors (Lipinski definition) is 0. The van der Waals surface area contributed by atoms with Crippen molar-refractivity contribution in [3.05, 3.63) is 5.32 Å². The minimum atomic E-state index is -0.181. The van der Waals surface area contributed by atoms with Gasteiger partial charge in [-0.2, -0.15) is 0 Å². The standard InChI is InChI=1S/C10H20NO.Re/c1-9(2,3)8-10(12)4-6-11-7-5-10;/h12H,4-8H2,1-3H3;/q-1;/p+1. The largest absolute Gasteiger partial charge is 0.662 e. The van der Waals surface area contributed by atoms with E-state index in [2.05, 4.69) is 26.1 Å². The topological polar surface area (TPSA) is 37.0 Å². The molecule has 2 nitrogen and oxygen atoms in total. The minimum absolute atomic E-state index is 0. The average molecular weight is 357 g/mol. The molecule has 1 aliphatic heterocycles. The predicted molar refractivity (Wildman–Crippen MR) is 52.7 cm³/mol. The van der Waals surface area contributed by atoms with E-state index in [0.717, 1.165) is 32.4 Å². The summed E-state index contributed by atoms with van der Waals surface area (Å²) in [6.07, 6.45) is 2.93. The second kappa shape index (κ2) is 4.89. The maximum atomic E-state index is 8.22. The van der Waals surface area contributed by atoms with Crippen LogP contribution in [0.5, 0.6) is 0 Å². The molecule has 0 saturated carbocycles. The van der Waals surface area contributed by atoms with E-state index in [4.69, 9.17) is 5.11 Å². The Kier molecular flexibility index (Phi) is 5.11. The molecule has 1 aliphatic rings. The van der Waals surface area contributed by atoms with Crippen LogP contribution in [0.4, 0.5) is 0 Å². The Balaban J connectivity index is 0.00000144. The van der Waals surface area contributed by atoms with Gasteiger partial charge in [0, 0.05) is 39.7 Å². The molecule has 0 aliphatic carbocycles. The molecule has 0 spiro atoms. The molecule has 3 heteroatoms. The van der Waals surface area contributed by atoms with Crippen molar-refractivity contribution < 1.29 is 25.5 Å². The fourth-order valence-electron chi connectivity index (χ4n) is 2.01. The third-order valence-corrected chi connectivity index (χ3v) is 2.37. The molecule has 0 aromatic rings. The van der Waals surface area contributed by atoms with E-state index in [-0.39, 0.29) is 26.0 Å². The van der Waals surface area contributed by atoms with Crippen LogP contribution in [-0.4, -0.2) is 23.8 Å². The van der Waals surface area contributed by atoms with Crippen LogP contribution in [0.15, 0.2) is 0 Å². The first-order valence-electron chi connectivity index (χ1n) is 4.80. The van der Waals surface area contributed by atoms with Crippen LogP contribution in [0.25, 0.3) is 5.32 Å². The van der Waals surface area contributed by atoms with E-state index in [0.29, 0.717) is 5.41 Å². The molecule has 13 heavy (non-hydrogen) atoms. The molecule has 1 heterocycles. The third-order valence-electron chi connectivity index (χ3n) is 2.37. The molecule has 0 aromatic heterocycles. The Labute approximate surface area is 95.1 Å². The van der Waals surface area contributed by atoms with Gasteiger partial charge >= 0.3 is 0 Å². The molecule has 0 bridgehead atoms. The molecule has 2 N–H and O–H groups in total. The Hall–Kier alpha value is 0.582. The van der Waals surface area contributed by atoms with Crippen LogP contribution >= 0.6 is 0 Å². The van der Waals surface area contributed by atoms with Gasteiger partial charge in [0.15, 0.2) is 5.60 Å². The van der Waals surface area contributed by atoms with Gasteiger partial charge in [-0.15, -0.1) is 13.1 Å². The summed E-state index contributed by atoms with van der Waals surface area (Å²) in [5.41, 5.74) is 0.110. The minimum Gasteiger partial charge on any atom is -0.662 e. The summed E-state index contributed by atoms with van der Waals surface area (Å²) in [5, 5.41) is 12.5. The molecule has 0 aromatic carbocycles. The van der Waals surface area contributed by atoms with Gasteiger partial charge in [0.05, 0.1) is 0 Å². The quantitative estimate of drug-likeness (QED) is 0.644. The smallest absolute Gasteiger partial charge is 0.160 e. The SMILES string of the molecule is CC(C)(C)CC1([OH2+])CC[N-]CC1.[Re]. The molecule has 1 fully saturated rings. The van der Waals surface area contributed by atoms with E-state index < -0.39 is 0 Å². The summed E-state index contributed by atoms with van der Waals surface area (Å²) >= 11 is 0. The predicted octanol–water partition coefficient (Wildman–Crippen LogP) is 2.05. The Morgan fingerprint density at radius 2 is 1.69 bits per heavy atom. The van der Waals surface area contributed by atoms with Crippen molar-refractivity contribution >= 4 is 0 Å². The van der Waals surface area contributed by atoms with Crippen LogP contribution in [0.1, 0.15) is 40.0 Å². The van der Waals surface area contributed by atoms with Gasteiger partial charge in [0.1, 0.15) is 0 Å². The third kappa shape index (κ3) is 5.12. The number of nitrogens with zero attached hydrogens (tertiary/aromatic N) is 1. The number of rotatable bonds is 1. The molecule has 1 rings (SSSR count). The molecule has 79 valence electrons. The van der Waals surface area contributed by atoms with Crippen LogP contribution in [0.2, 0.25) is 0 Å². The summed E-state index contributed by atoms with van der Waals surface area (Å²) < 4.78 is 0. The van der Waals surface area contributed by atoms with Gasteiger partial charge in [-0.1, -0.05) is 20.8 Å². The number of piperidine rings is 1. The van der Waals surface area contributed by atoms with Gasteiger partial charge < -0.3 is 10.4 Å². The van der Waals surface area contributed by atoms with Gasteiger partial charge in [-0.05, 0) is 5.41 Å². The monoisotopic (exact) mass is 358 g/mol. The first-order valence-corrected chi connectivity index (χ1v) is 4.80. The van der Waals surface area contributed by atoms with E-state index >= 15 is 0 Å². The van der Waals surface area contributed by atoms with Crippen LogP contribution in [-0.2, 0) is 20.4 Å². The normalized spacial score (nSPS) is 22.2. The molecular formula is C10H21NORe. The van der Waals surface area contributed by atoms with Gasteiger partial charge in [-0.25, -0.2) is 0 Å². The van der Waals surface area contributed by atoms with E-state index in [1.807, 2.05) is 0 Å². The zero-order valence-corrected chi connectivity index (χ0v) is 11.6. The van der Waals surface area contributed by atoms with Crippen molar-refractivity contribution in [2.24, 2.45) is 5.41 Å². The first-order chi connectivity index (χ1) is 5.41. The van der Waals surface area contributed by atoms with Crippen LogP contribution in [0.3, 0.4) is 0 Å². The van der Waals surface area contributed by atoms with Crippen molar-refractivity contribution in [3.63, 3.8) is 0 Å². The molecular weight excluding hydrogens is 336 g/mol. The zero-order chi connectivity index (χ0) is 9.24. The van der Waals surface area contributed by atoms with Crippen molar-refractivity contribution in [1.82, 2.24) is 0 Å². The number of hydrogen-bond acceptors (Lipinski definition) is 0. The maximum Gasteiger partial charge on any atom is 0.160 e. The van der Waals surface area contributed by atoms with E-state index in [1.165, 1.54) is 0 Å². The first kappa shape index (κ1) is 13.6. The van der Waals surface area contributed by atoms with Gasteiger partial charge in [0.25, 0.3) is 0 Å². The molecule has 1 radical (unpaired) electrons. The Bertz CT molecular complexity index is 147. The fourth-order valence-corrected chi connectivity index (χ4v) is 2.01. The van der Waals surface area contributed by atoms with Crippen molar-refractivity contribution in [2.75, 3.05) is 13.1 Å². The van der Waals surface area contributed by atoms with Crippen LogP contribution in [0, 0.1) is 5.41 Å². The molecule has 0 atom stereocenters. The summed E-state index contributed by atoms with van der Waals surface area (Å²) in [5.74, 6) is 0. The summed E-state index contributed by atoms with van der Waals surface area (Å²) in [6, 6.07) is 0. The average Bonchev–Trinajstić information content (AvgIpc) is 1.83. The van der Waals surface area contributed by atoms with Crippen molar-refractivity contribution in [2.45, 2.75) is 45.6 Å². The maximum absolute atomic E-state index is 8.22. The summed E-state index contributed by atoms with van der Waals surface area (Å²) in [7, 11) is 0.